The van der Waals surface area contributed by atoms with Gasteiger partial charge in [-0.05, 0) is 38.0 Å². The van der Waals surface area contributed by atoms with Crippen molar-refractivity contribution in [2.24, 2.45) is 11.7 Å². The third-order valence-electron chi connectivity index (χ3n) is 3.47. The zero-order valence-electron chi connectivity index (χ0n) is 8.85. The second-order valence-electron chi connectivity index (χ2n) is 4.97. The van der Waals surface area contributed by atoms with Crippen LogP contribution in [0.3, 0.4) is 0 Å². The normalized spacial score (nSPS) is 31.0. The molecule has 2 fully saturated rings. The third kappa shape index (κ3) is 2.04. The van der Waals surface area contributed by atoms with Crippen LogP contribution in [0.4, 0.5) is 0 Å². The fourth-order valence-corrected chi connectivity index (χ4v) is 2.34. The van der Waals surface area contributed by atoms with Gasteiger partial charge in [0.05, 0.1) is 0 Å². The van der Waals surface area contributed by atoms with Crippen LogP contribution in [0.5, 0.6) is 0 Å². The van der Waals surface area contributed by atoms with Gasteiger partial charge in [-0.3, -0.25) is 0 Å². The molecule has 1 aromatic rings. The van der Waals surface area contributed by atoms with Crippen LogP contribution < -0.4 is 5.73 Å². The van der Waals surface area contributed by atoms with Crippen LogP contribution in [0.25, 0.3) is 0 Å². The van der Waals surface area contributed by atoms with E-state index in [-0.39, 0.29) is 0 Å². The summed E-state index contributed by atoms with van der Waals surface area (Å²) in [6.45, 7) is 0. The maximum absolute atomic E-state index is 5.87. The summed E-state index contributed by atoms with van der Waals surface area (Å²) >= 11 is 0. The average Bonchev–Trinajstić information content (AvgIpc) is 2.74. The van der Waals surface area contributed by atoms with Crippen molar-refractivity contribution < 1.29 is 4.52 Å². The van der Waals surface area contributed by atoms with E-state index in [1.165, 1.54) is 12.8 Å². The van der Waals surface area contributed by atoms with Gasteiger partial charge in [0.2, 0.25) is 5.89 Å². The minimum Gasteiger partial charge on any atom is -0.339 e. The van der Waals surface area contributed by atoms with Crippen LogP contribution in [-0.4, -0.2) is 16.2 Å². The predicted molar refractivity (Wildman–Crippen MR) is 55.3 cm³/mol. The van der Waals surface area contributed by atoms with Gasteiger partial charge in [0.25, 0.3) is 0 Å². The average molecular weight is 207 g/mol. The van der Waals surface area contributed by atoms with E-state index in [4.69, 9.17) is 10.3 Å². The topological polar surface area (TPSA) is 64.9 Å². The van der Waals surface area contributed by atoms with Gasteiger partial charge in [0, 0.05) is 18.4 Å². The van der Waals surface area contributed by atoms with Gasteiger partial charge in [-0.1, -0.05) is 5.16 Å². The Morgan fingerprint density at radius 2 is 2.13 bits per heavy atom. The SMILES string of the molecule is N[C@H]1CC[C@@H](c2nc(CC3CC3)no2)C1. The molecule has 2 atom stereocenters. The van der Waals surface area contributed by atoms with E-state index < -0.39 is 0 Å². The lowest BCUT2D eigenvalue weighted by Crippen LogP contribution is -2.14. The highest BCUT2D eigenvalue weighted by molar-refractivity contribution is 5.00. The third-order valence-corrected chi connectivity index (χ3v) is 3.47. The van der Waals surface area contributed by atoms with Gasteiger partial charge in [-0.15, -0.1) is 0 Å². The van der Waals surface area contributed by atoms with Gasteiger partial charge < -0.3 is 10.3 Å². The summed E-state index contributed by atoms with van der Waals surface area (Å²) in [7, 11) is 0. The van der Waals surface area contributed by atoms with Crippen molar-refractivity contribution in [3.63, 3.8) is 0 Å². The quantitative estimate of drug-likeness (QED) is 0.818. The molecule has 0 unspecified atom stereocenters. The molecule has 0 aliphatic heterocycles. The number of hydrogen-bond acceptors (Lipinski definition) is 4. The maximum Gasteiger partial charge on any atom is 0.229 e. The molecule has 82 valence electrons. The van der Waals surface area contributed by atoms with E-state index in [9.17, 15) is 0 Å². The Kier molecular flexibility index (Phi) is 2.24. The molecule has 0 aromatic carbocycles. The highest BCUT2D eigenvalue weighted by atomic mass is 16.5. The summed E-state index contributed by atoms with van der Waals surface area (Å²) in [5.41, 5.74) is 5.87. The van der Waals surface area contributed by atoms with Crippen LogP contribution in [0.2, 0.25) is 0 Å². The Labute approximate surface area is 89.2 Å². The standard InChI is InChI=1S/C11H17N3O/c12-9-4-3-8(6-9)11-13-10(14-15-11)5-7-1-2-7/h7-9H,1-6,12H2/t8-,9+/m1/s1. The molecule has 0 saturated heterocycles. The van der Waals surface area contributed by atoms with Crippen LogP contribution in [-0.2, 0) is 6.42 Å². The fraction of sp³-hybridized carbons (Fsp3) is 0.818. The fourth-order valence-electron chi connectivity index (χ4n) is 2.34. The lowest BCUT2D eigenvalue weighted by molar-refractivity contribution is 0.349. The second-order valence-corrected chi connectivity index (χ2v) is 4.97. The molecular weight excluding hydrogens is 190 g/mol. The minimum atomic E-state index is 0.328. The molecule has 2 aliphatic rings. The van der Waals surface area contributed by atoms with Crippen LogP contribution in [0.1, 0.15) is 49.7 Å². The molecule has 0 amide bonds. The number of rotatable bonds is 3. The molecule has 0 radical (unpaired) electrons. The lowest BCUT2D eigenvalue weighted by Gasteiger charge is -2.01. The first-order chi connectivity index (χ1) is 7.31. The molecule has 15 heavy (non-hydrogen) atoms. The molecule has 2 N–H and O–H groups in total. The van der Waals surface area contributed by atoms with Crippen molar-refractivity contribution in [3.8, 4) is 0 Å². The monoisotopic (exact) mass is 207 g/mol. The zero-order chi connectivity index (χ0) is 10.3. The summed E-state index contributed by atoms with van der Waals surface area (Å²) in [5, 5.41) is 4.04. The van der Waals surface area contributed by atoms with E-state index in [0.717, 1.165) is 43.3 Å². The summed E-state index contributed by atoms with van der Waals surface area (Å²) in [6, 6.07) is 0.328. The van der Waals surface area contributed by atoms with Gasteiger partial charge in [-0.25, -0.2) is 0 Å². The first kappa shape index (κ1) is 9.33. The number of hydrogen-bond donors (Lipinski definition) is 1. The van der Waals surface area contributed by atoms with Crippen LogP contribution in [0.15, 0.2) is 4.52 Å². The minimum absolute atomic E-state index is 0.328. The molecule has 4 heteroatoms. The molecule has 0 bridgehead atoms. The van der Waals surface area contributed by atoms with E-state index in [2.05, 4.69) is 10.1 Å². The predicted octanol–water partition coefficient (Wildman–Crippen LogP) is 1.62. The van der Waals surface area contributed by atoms with E-state index in [1.807, 2.05) is 0 Å². The first-order valence-electron chi connectivity index (χ1n) is 5.89. The summed E-state index contributed by atoms with van der Waals surface area (Å²) in [5.74, 6) is 2.95. The van der Waals surface area contributed by atoms with Gasteiger partial charge >= 0.3 is 0 Å². The van der Waals surface area contributed by atoms with Crippen molar-refractivity contribution in [2.45, 2.75) is 50.5 Å². The van der Waals surface area contributed by atoms with E-state index in [1.54, 1.807) is 0 Å². The second kappa shape index (κ2) is 3.59. The largest absolute Gasteiger partial charge is 0.339 e. The number of nitrogens with two attached hydrogens (primary N) is 1. The molecule has 1 aromatic heterocycles. The molecule has 2 saturated carbocycles. The van der Waals surface area contributed by atoms with Crippen molar-refractivity contribution in [2.75, 3.05) is 0 Å². The smallest absolute Gasteiger partial charge is 0.229 e. The molecule has 1 heterocycles. The summed E-state index contributed by atoms with van der Waals surface area (Å²) in [4.78, 5) is 4.47. The Hall–Kier alpha value is -0.900. The maximum atomic E-state index is 5.87. The van der Waals surface area contributed by atoms with Crippen molar-refractivity contribution in [3.05, 3.63) is 11.7 Å². The molecule has 0 spiro atoms. The Bertz CT molecular complexity index is 345. The molecule has 2 aliphatic carbocycles. The van der Waals surface area contributed by atoms with Gasteiger partial charge in [-0.2, -0.15) is 4.98 Å². The zero-order valence-corrected chi connectivity index (χ0v) is 8.85. The van der Waals surface area contributed by atoms with Crippen LogP contribution >= 0.6 is 0 Å². The first-order valence-corrected chi connectivity index (χ1v) is 5.89. The molecule has 4 nitrogen and oxygen atoms in total. The number of nitrogens with zero attached hydrogens (tertiary/aromatic N) is 2. The molecular formula is C11H17N3O. The highest BCUT2D eigenvalue weighted by Gasteiger charge is 2.29. The van der Waals surface area contributed by atoms with Crippen molar-refractivity contribution >= 4 is 0 Å². The highest BCUT2D eigenvalue weighted by Crippen LogP contribution is 2.34. The van der Waals surface area contributed by atoms with E-state index >= 15 is 0 Å². The molecule has 3 rings (SSSR count). The van der Waals surface area contributed by atoms with Crippen LogP contribution in [0, 0.1) is 5.92 Å². The van der Waals surface area contributed by atoms with Gasteiger partial charge in [0.1, 0.15) is 0 Å². The summed E-state index contributed by atoms with van der Waals surface area (Å²) < 4.78 is 5.31. The van der Waals surface area contributed by atoms with Crippen molar-refractivity contribution in [1.82, 2.24) is 10.1 Å². The van der Waals surface area contributed by atoms with Gasteiger partial charge in [0.15, 0.2) is 5.82 Å². The Morgan fingerprint density at radius 1 is 1.27 bits per heavy atom. The number of aromatic nitrogens is 2. The van der Waals surface area contributed by atoms with E-state index in [0.29, 0.717) is 12.0 Å². The Morgan fingerprint density at radius 3 is 2.80 bits per heavy atom. The lowest BCUT2D eigenvalue weighted by atomic mass is 10.1. The van der Waals surface area contributed by atoms with Crippen molar-refractivity contribution in [1.29, 1.82) is 0 Å². The Balaban J connectivity index is 1.66. The summed E-state index contributed by atoms with van der Waals surface area (Å²) in [6.07, 6.45) is 6.86.